The van der Waals surface area contributed by atoms with Crippen molar-refractivity contribution in [2.75, 3.05) is 19.4 Å². The number of amides is 1. The van der Waals surface area contributed by atoms with Crippen LogP contribution in [-0.2, 0) is 10.0 Å². The number of sulfonamides is 1. The predicted octanol–water partition coefficient (Wildman–Crippen LogP) is 2.25. The highest BCUT2D eigenvalue weighted by atomic mass is 32.2. The van der Waals surface area contributed by atoms with E-state index in [0.717, 1.165) is 15.6 Å². The van der Waals surface area contributed by atoms with Gasteiger partial charge in [0.2, 0.25) is 10.0 Å². The number of anilines is 1. The maximum Gasteiger partial charge on any atom is 0.265 e. The number of rotatable bonds is 4. The van der Waals surface area contributed by atoms with E-state index in [-0.39, 0.29) is 10.8 Å². The number of hydrogen-bond acceptors (Lipinski definition) is 4. The summed E-state index contributed by atoms with van der Waals surface area (Å²) in [7, 11) is -0.589. The maximum absolute atomic E-state index is 12.0. The monoisotopic (exact) mass is 310 g/mol. The molecular formula is C13H14N2O3S2. The smallest absolute Gasteiger partial charge is 0.265 e. The first-order valence-corrected chi connectivity index (χ1v) is 8.10. The van der Waals surface area contributed by atoms with Gasteiger partial charge < -0.3 is 5.32 Å². The SMILES string of the molecule is CN(C)S(=O)(=O)c1csc(C(=O)Nc2ccccc2)c1. The van der Waals surface area contributed by atoms with Gasteiger partial charge in [-0.3, -0.25) is 4.79 Å². The third-order valence-corrected chi connectivity index (χ3v) is 5.48. The van der Waals surface area contributed by atoms with Gasteiger partial charge >= 0.3 is 0 Å². The van der Waals surface area contributed by atoms with E-state index in [1.165, 1.54) is 25.5 Å². The van der Waals surface area contributed by atoms with Gasteiger partial charge in [0.1, 0.15) is 0 Å². The minimum absolute atomic E-state index is 0.130. The van der Waals surface area contributed by atoms with Crippen LogP contribution in [0.25, 0.3) is 0 Å². The van der Waals surface area contributed by atoms with Gasteiger partial charge in [-0.25, -0.2) is 12.7 Å². The summed E-state index contributed by atoms with van der Waals surface area (Å²) >= 11 is 1.10. The number of hydrogen-bond donors (Lipinski definition) is 1. The number of benzene rings is 1. The lowest BCUT2D eigenvalue weighted by atomic mass is 10.3. The summed E-state index contributed by atoms with van der Waals surface area (Å²) in [6, 6.07) is 10.4. The van der Waals surface area contributed by atoms with Crippen LogP contribution in [0.3, 0.4) is 0 Å². The summed E-state index contributed by atoms with van der Waals surface area (Å²) < 4.78 is 25.0. The normalized spacial score (nSPS) is 11.6. The minimum atomic E-state index is -3.50. The molecule has 1 aromatic carbocycles. The van der Waals surface area contributed by atoms with Crippen LogP contribution in [0.5, 0.6) is 0 Å². The highest BCUT2D eigenvalue weighted by Gasteiger charge is 2.20. The van der Waals surface area contributed by atoms with Crippen LogP contribution >= 0.6 is 11.3 Å². The lowest BCUT2D eigenvalue weighted by Crippen LogP contribution is -2.21. The van der Waals surface area contributed by atoms with Gasteiger partial charge in [-0.2, -0.15) is 0 Å². The van der Waals surface area contributed by atoms with Gasteiger partial charge in [0.15, 0.2) is 0 Å². The van der Waals surface area contributed by atoms with Crippen molar-refractivity contribution < 1.29 is 13.2 Å². The average Bonchev–Trinajstić information content (AvgIpc) is 2.90. The van der Waals surface area contributed by atoms with E-state index in [4.69, 9.17) is 0 Å². The van der Waals surface area contributed by atoms with Crippen molar-refractivity contribution in [3.05, 3.63) is 46.7 Å². The van der Waals surface area contributed by atoms with Gasteiger partial charge in [-0.15, -0.1) is 11.3 Å². The molecule has 0 aliphatic heterocycles. The Morgan fingerprint density at radius 3 is 2.45 bits per heavy atom. The number of nitrogens with one attached hydrogen (secondary N) is 1. The first kappa shape index (κ1) is 14.7. The number of nitrogens with zero attached hydrogens (tertiary/aromatic N) is 1. The zero-order valence-electron chi connectivity index (χ0n) is 11.0. The summed E-state index contributed by atoms with van der Waals surface area (Å²) in [5, 5.41) is 4.18. The second-order valence-corrected chi connectivity index (χ2v) is 7.32. The van der Waals surface area contributed by atoms with E-state index in [1.54, 1.807) is 12.1 Å². The first-order valence-electron chi connectivity index (χ1n) is 5.79. The Balaban J connectivity index is 2.19. The van der Waals surface area contributed by atoms with Gasteiger partial charge in [0.25, 0.3) is 5.91 Å². The van der Waals surface area contributed by atoms with Crippen molar-refractivity contribution in [3.8, 4) is 0 Å². The van der Waals surface area contributed by atoms with Crippen LogP contribution in [0.4, 0.5) is 5.69 Å². The van der Waals surface area contributed by atoms with Gasteiger partial charge in [-0.05, 0) is 18.2 Å². The molecule has 0 atom stereocenters. The molecule has 1 aromatic heterocycles. The van der Waals surface area contributed by atoms with Crippen molar-refractivity contribution in [2.24, 2.45) is 0 Å². The summed E-state index contributed by atoms with van der Waals surface area (Å²) in [4.78, 5) is 12.5. The Morgan fingerprint density at radius 2 is 1.85 bits per heavy atom. The second kappa shape index (κ2) is 5.74. The zero-order chi connectivity index (χ0) is 14.8. The van der Waals surface area contributed by atoms with Crippen molar-refractivity contribution >= 4 is 33.0 Å². The Kier molecular flexibility index (Phi) is 4.22. The van der Waals surface area contributed by atoms with E-state index in [2.05, 4.69) is 5.32 Å². The van der Waals surface area contributed by atoms with Gasteiger partial charge in [0, 0.05) is 25.2 Å². The quantitative estimate of drug-likeness (QED) is 0.942. The molecule has 0 spiro atoms. The molecule has 2 rings (SSSR count). The lowest BCUT2D eigenvalue weighted by Gasteiger charge is -2.08. The largest absolute Gasteiger partial charge is 0.321 e. The molecule has 1 N–H and O–H groups in total. The van der Waals surface area contributed by atoms with Crippen molar-refractivity contribution in [1.29, 1.82) is 0 Å². The molecule has 0 bridgehead atoms. The molecule has 0 saturated heterocycles. The first-order chi connectivity index (χ1) is 9.41. The van der Waals surface area contributed by atoms with Crippen molar-refractivity contribution in [2.45, 2.75) is 4.90 Å². The molecule has 106 valence electrons. The minimum Gasteiger partial charge on any atom is -0.321 e. The van der Waals surface area contributed by atoms with Crippen LogP contribution in [0.2, 0.25) is 0 Å². The van der Waals surface area contributed by atoms with Gasteiger partial charge in [0.05, 0.1) is 9.77 Å². The standard InChI is InChI=1S/C13H14N2O3S2/c1-15(2)20(17,18)11-8-12(19-9-11)13(16)14-10-6-4-3-5-7-10/h3-9H,1-2H3,(H,14,16). The summed E-state index contributed by atoms with van der Waals surface area (Å²) in [5.41, 5.74) is 0.669. The van der Waals surface area contributed by atoms with Crippen LogP contribution in [-0.4, -0.2) is 32.7 Å². The molecule has 0 aliphatic rings. The number of carbonyl (C=O) groups excluding carboxylic acids is 1. The second-order valence-electron chi connectivity index (χ2n) is 4.25. The third-order valence-electron chi connectivity index (χ3n) is 2.61. The predicted molar refractivity (Wildman–Crippen MR) is 79.6 cm³/mol. The van der Waals surface area contributed by atoms with Crippen LogP contribution in [0, 0.1) is 0 Å². The third kappa shape index (κ3) is 3.06. The fraction of sp³-hybridized carbons (Fsp3) is 0.154. The Morgan fingerprint density at radius 1 is 1.20 bits per heavy atom. The van der Waals surface area contributed by atoms with Crippen LogP contribution in [0.15, 0.2) is 46.7 Å². The molecule has 5 nitrogen and oxygen atoms in total. The fourth-order valence-electron chi connectivity index (χ4n) is 1.50. The van der Waals surface area contributed by atoms with E-state index in [9.17, 15) is 13.2 Å². The lowest BCUT2D eigenvalue weighted by molar-refractivity contribution is 0.103. The molecule has 0 fully saturated rings. The Bertz CT molecular complexity index is 706. The topological polar surface area (TPSA) is 66.5 Å². The summed E-state index contributed by atoms with van der Waals surface area (Å²) in [6.07, 6.45) is 0. The molecule has 0 unspecified atom stereocenters. The molecular weight excluding hydrogens is 296 g/mol. The molecule has 20 heavy (non-hydrogen) atoms. The molecule has 1 heterocycles. The molecule has 0 saturated carbocycles. The average molecular weight is 310 g/mol. The molecule has 0 radical (unpaired) electrons. The van der Waals surface area contributed by atoms with E-state index in [1.807, 2.05) is 18.2 Å². The van der Waals surface area contributed by atoms with Crippen molar-refractivity contribution in [3.63, 3.8) is 0 Å². The zero-order valence-corrected chi connectivity index (χ0v) is 12.7. The van der Waals surface area contributed by atoms with E-state index < -0.39 is 10.0 Å². The fourth-order valence-corrected chi connectivity index (χ4v) is 3.56. The molecule has 2 aromatic rings. The van der Waals surface area contributed by atoms with Crippen molar-refractivity contribution in [1.82, 2.24) is 4.31 Å². The molecule has 7 heteroatoms. The number of carbonyl (C=O) groups is 1. The van der Waals surface area contributed by atoms with Crippen LogP contribution < -0.4 is 5.32 Å². The Hall–Kier alpha value is -1.70. The summed E-state index contributed by atoms with van der Waals surface area (Å²) in [6.45, 7) is 0. The number of thiophene rings is 1. The van der Waals surface area contributed by atoms with E-state index in [0.29, 0.717) is 10.6 Å². The Labute approximate surface area is 121 Å². The highest BCUT2D eigenvalue weighted by molar-refractivity contribution is 7.89. The molecule has 1 amide bonds. The van der Waals surface area contributed by atoms with Gasteiger partial charge in [-0.1, -0.05) is 18.2 Å². The number of para-hydroxylation sites is 1. The van der Waals surface area contributed by atoms with Crippen LogP contribution in [0.1, 0.15) is 9.67 Å². The highest BCUT2D eigenvalue weighted by Crippen LogP contribution is 2.22. The van der Waals surface area contributed by atoms with E-state index >= 15 is 0 Å². The maximum atomic E-state index is 12.0. The summed E-state index contributed by atoms with van der Waals surface area (Å²) in [5.74, 6) is -0.318. The molecule has 0 aliphatic carbocycles.